The molecule has 0 saturated carbocycles. The molecule has 118 valence electrons. The monoisotopic (exact) mass is 348 g/mol. The van der Waals surface area contributed by atoms with Gasteiger partial charge in [0.15, 0.2) is 11.5 Å². The highest BCUT2D eigenvalue weighted by Gasteiger charge is 2.24. The SMILES string of the molecule is OC1CCN(c2nccn3c(-c4cc(Cl)cc(Cl)c4)cnc23)C1. The molecule has 0 amide bonds. The Morgan fingerprint density at radius 2 is 1.91 bits per heavy atom. The van der Waals surface area contributed by atoms with Crippen molar-refractivity contribution < 1.29 is 5.11 Å². The van der Waals surface area contributed by atoms with E-state index in [2.05, 4.69) is 14.9 Å². The molecule has 23 heavy (non-hydrogen) atoms. The minimum Gasteiger partial charge on any atom is -0.391 e. The van der Waals surface area contributed by atoms with Gasteiger partial charge in [0.1, 0.15) is 0 Å². The molecule has 0 spiro atoms. The topological polar surface area (TPSA) is 53.7 Å². The summed E-state index contributed by atoms with van der Waals surface area (Å²) in [5, 5.41) is 10.9. The van der Waals surface area contributed by atoms with Gasteiger partial charge in [0.25, 0.3) is 0 Å². The number of hydrogen-bond acceptors (Lipinski definition) is 4. The summed E-state index contributed by atoms with van der Waals surface area (Å²) in [5.74, 6) is 0.781. The lowest BCUT2D eigenvalue weighted by Gasteiger charge is -2.17. The van der Waals surface area contributed by atoms with Gasteiger partial charge in [-0.3, -0.25) is 4.40 Å². The van der Waals surface area contributed by atoms with Crippen molar-refractivity contribution in [3.8, 4) is 11.3 Å². The second-order valence-corrected chi connectivity index (χ2v) is 6.51. The number of benzene rings is 1. The molecule has 1 fully saturated rings. The van der Waals surface area contributed by atoms with Crippen LogP contribution in [0.25, 0.3) is 16.9 Å². The third-order valence-corrected chi connectivity index (χ3v) is 4.47. The number of aliphatic hydroxyl groups is 1. The molecule has 0 aliphatic carbocycles. The summed E-state index contributed by atoms with van der Waals surface area (Å²) < 4.78 is 1.97. The Labute approximate surface area is 143 Å². The molecule has 1 unspecified atom stereocenters. The lowest BCUT2D eigenvalue weighted by molar-refractivity contribution is 0.198. The molecule has 7 heteroatoms. The standard InChI is InChI=1S/C16H14Cl2N4O/c17-11-5-10(6-12(18)7-11)14-8-20-16-15(19-2-4-22(14)16)21-3-1-13(23)9-21/h2,4-8,13,23H,1,3,9H2. The van der Waals surface area contributed by atoms with Crippen LogP contribution in [0.3, 0.4) is 0 Å². The third-order valence-electron chi connectivity index (χ3n) is 4.03. The molecule has 1 aliphatic heterocycles. The first-order valence-electron chi connectivity index (χ1n) is 7.33. The van der Waals surface area contributed by atoms with Gasteiger partial charge in [0.2, 0.25) is 0 Å². The van der Waals surface area contributed by atoms with Crippen LogP contribution >= 0.6 is 23.2 Å². The fourth-order valence-corrected chi connectivity index (χ4v) is 3.50. The molecule has 1 atom stereocenters. The highest BCUT2D eigenvalue weighted by atomic mass is 35.5. The predicted octanol–water partition coefficient (Wildman–Crippen LogP) is 3.27. The van der Waals surface area contributed by atoms with Crippen molar-refractivity contribution >= 4 is 34.7 Å². The predicted molar refractivity (Wildman–Crippen MR) is 91.3 cm³/mol. The average molecular weight is 349 g/mol. The first kappa shape index (κ1) is 14.8. The Bertz CT molecular complexity index is 859. The molecule has 5 nitrogen and oxygen atoms in total. The lowest BCUT2D eigenvalue weighted by Crippen LogP contribution is -2.23. The number of imidazole rings is 1. The number of fused-ring (bicyclic) bond motifs is 1. The van der Waals surface area contributed by atoms with Crippen molar-refractivity contribution in [1.29, 1.82) is 0 Å². The maximum absolute atomic E-state index is 9.75. The average Bonchev–Trinajstić information content (AvgIpc) is 3.12. The van der Waals surface area contributed by atoms with Crippen molar-refractivity contribution in [1.82, 2.24) is 14.4 Å². The van der Waals surface area contributed by atoms with Crippen LogP contribution in [0.4, 0.5) is 5.82 Å². The van der Waals surface area contributed by atoms with Gasteiger partial charge in [-0.1, -0.05) is 23.2 Å². The summed E-state index contributed by atoms with van der Waals surface area (Å²) in [5.41, 5.74) is 2.55. The van der Waals surface area contributed by atoms with Crippen molar-refractivity contribution in [3.63, 3.8) is 0 Å². The zero-order valence-corrected chi connectivity index (χ0v) is 13.7. The van der Waals surface area contributed by atoms with E-state index in [0.29, 0.717) is 16.6 Å². The van der Waals surface area contributed by atoms with E-state index in [0.717, 1.165) is 35.7 Å². The van der Waals surface area contributed by atoms with Crippen LogP contribution in [0, 0.1) is 0 Å². The van der Waals surface area contributed by atoms with Crippen LogP contribution < -0.4 is 4.90 Å². The number of β-amino-alcohol motifs (C(OH)–C–C–N with tert-alkyl or cyclic N) is 1. The highest BCUT2D eigenvalue weighted by Crippen LogP contribution is 2.30. The number of aliphatic hydroxyl groups excluding tert-OH is 1. The van der Waals surface area contributed by atoms with E-state index in [-0.39, 0.29) is 6.10 Å². The Morgan fingerprint density at radius 1 is 1.13 bits per heavy atom. The number of aromatic nitrogens is 3. The molecular weight excluding hydrogens is 335 g/mol. The molecule has 0 radical (unpaired) electrons. The van der Waals surface area contributed by atoms with Crippen molar-refractivity contribution in [2.75, 3.05) is 18.0 Å². The quantitative estimate of drug-likeness (QED) is 0.772. The summed E-state index contributed by atoms with van der Waals surface area (Å²) >= 11 is 12.2. The number of rotatable bonds is 2. The smallest absolute Gasteiger partial charge is 0.180 e. The highest BCUT2D eigenvalue weighted by molar-refractivity contribution is 6.35. The van der Waals surface area contributed by atoms with Crippen molar-refractivity contribution in [2.45, 2.75) is 12.5 Å². The molecule has 3 heterocycles. The van der Waals surface area contributed by atoms with Gasteiger partial charge >= 0.3 is 0 Å². The van der Waals surface area contributed by atoms with Crippen LogP contribution in [0.5, 0.6) is 0 Å². The zero-order chi connectivity index (χ0) is 16.0. The van der Waals surface area contributed by atoms with Gasteiger partial charge < -0.3 is 10.0 Å². The molecular formula is C16H14Cl2N4O. The van der Waals surface area contributed by atoms with E-state index in [9.17, 15) is 5.11 Å². The normalized spacial score (nSPS) is 18.0. The molecule has 1 saturated heterocycles. The minimum atomic E-state index is -0.307. The summed E-state index contributed by atoms with van der Waals surface area (Å²) in [6, 6.07) is 5.42. The van der Waals surface area contributed by atoms with Crippen LogP contribution in [0.1, 0.15) is 6.42 Å². The molecule has 1 aromatic carbocycles. The van der Waals surface area contributed by atoms with Crippen LogP contribution in [-0.4, -0.2) is 38.7 Å². The summed E-state index contributed by atoms with van der Waals surface area (Å²) in [6.07, 6.45) is 5.83. The Balaban J connectivity index is 1.84. The second-order valence-electron chi connectivity index (χ2n) is 5.63. The molecule has 2 aromatic heterocycles. The fourth-order valence-electron chi connectivity index (χ4n) is 2.98. The van der Waals surface area contributed by atoms with Crippen LogP contribution in [0.15, 0.2) is 36.8 Å². The number of nitrogens with zero attached hydrogens (tertiary/aromatic N) is 4. The van der Waals surface area contributed by atoms with E-state index in [4.69, 9.17) is 23.2 Å². The Morgan fingerprint density at radius 3 is 2.61 bits per heavy atom. The van der Waals surface area contributed by atoms with Gasteiger partial charge in [-0.15, -0.1) is 0 Å². The van der Waals surface area contributed by atoms with Crippen LogP contribution in [0.2, 0.25) is 10.0 Å². The molecule has 1 aliphatic rings. The molecule has 4 rings (SSSR count). The molecule has 0 bridgehead atoms. The number of hydrogen-bond donors (Lipinski definition) is 1. The largest absolute Gasteiger partial charge is 0.391 e. The lowest BCUT2D eigenvalue weighted by atomic mass is 10.2. The third kappa shape index (κ3) is 2.65. The minimum absolute atomic E-state index is 0.307. The van der Waals surface area contributed by atoms with E-state index in [1.165, 1.54) is 0 Å². The summed E-state index contributed by atoms with van der Waals surface area (Å²) in [4.78, 5) is 11.0. The maximum Gasteiger partial charge on any atom is 0.180 e. The molecule has 1 N–H and O–H groups in total. The zero-order valence-electron chi connectivity index (χ0n) is 12.2. The van der Waals surface area contributed by atoms with E-state index < -0.39 is 0 Å². The van der Waals surface area contributed by atoms with E-state index in [1.807, 2.05) is 22.7 Å². The van der Waals surface area contributed by atoms with Gasteiger partial charge in [-0.2, -0.15) is 0 Å². The first-order chi connectivity index (χ1) is 11.1. The molecule has 3 aromatic rings. The van der Waals surface area contributed by atoms with Gasteiger partial charge in [0, 0.05) is 41.1 Å². The van der Waals surface area contributed by atoms with Crippen LogP contribution in [-0.2, 0) is 0 Å². The van der Waals surface area contributed by atoms with Gasteiger partial charge in [-0.25, -0.2) is 9.97 Å². The fraction of sp³-hybridized carbons (Fsp3) is 0.250. The van der Waals surface area contributed by atoms with E-state index in [1.54, 1.807) is 18.5 Å². The summed E-state index contributed by atoms with van der Waals surface area (Å²) in [7, 11) is 0. The first-order valence-corrected chi connectivity index (χ1v) is 8.09. The maximum atomic E-state index is 9.75. The number of halogens is 2. The summed E-state index contributed by atoms with van der Waals surface area (Å²) in [6.45, 7) is 1.36. The van der Waals surface area contributed by atoms with E-state index >= 15 is 0 Å². The van der Waals surface area contributed by atoms with Gasteiger partial charge in [0.05, 0.1) is 18.0 Å². The van der Waals surface area contributed by atoms with Gasteiger partial charge in [-0.05, 0) is 24.6 Å². The van der Waals surface area contributed by atoms with Crippen molar-refractivity contribution in [3.05, 3.63) is 46.8 Å². The Hall–Kier alpha value is -1.82. The van der Waals surface area contributed by atoms with Crippen molar-refractivity contribution in [2.24, 2.45) is 0 Å². The second kappa shape index (κ2) is 5.67. The Kier molecular flexibility index (Phi) is 3.64. The number of anilines is 1.